The average Bonchev–Trinajstić information content (AvgIpc) is 2.43. The van der Waals surface area contributed by atoms with Gasteiger partial charge >= 0.3 is 11.3 Å². The molecule has 0 aliphatic carbocycles. The summed E-state index contributed by atoms with van der Waals surface area (Å²) in [5, 5.41) is 21.4. The number of phenols is 1. The molecule has 1 aromatic heterocycles. The zero-order valence-corrected chi connectivity index (χ0v) is 12.2. The summed E-state index contributed by atoms with van der Waals surface area (Å²) in [6, 6.07) is 1.27. The summed E-state index contributed by atoms with van der Waals surface area (Å²) in [4.78, 5) is 22.4. The summed E-state index contributed by atoms with van der Waals surface area (Å²) in [7, 11) is 0. The number of nitrogens with zero attached hydrogens (tertiary/aromatic N) is 1. The number of aryl methyl sites for hydroxylation is 2. The Morgan fingerprint density at radius 3 is 2.57 bits per heavy atom. The van der Waals surface area contributed by atoms with E-state index in [2.05, 4.69) is 0 Å². The Bertz CT molecular complexity index is 776. The molecule has 6 nitrogen and oxygen atoms in total. The highest BCUT2D eigenvalue weighted by atomic mass is 16.6. The Kier molecular flexibility index (Phi) is 3.97. The van der Waals surface area contributed by atoms with Gasteiger partial charge < -0.3 is 9.52 Å². The normalized spacial score (nSPS) is 11.0. The van der Waals surface area contributed by atoms with Gasteiger partial charge in [-0.05, 0) is 32.3 Å². The van der Waals surface area contributed by atoms with Gasteiger partial charge in [0.05, 0.1) is 4.92 Å². The number of phenolic OH excluding ortho intramolecular Hbond substituents is 1. The maximum atomic E-state index is 12.1. The molecular formula is C15H17NO5. The fourth-order valence-electron chi connectivity index (χ4n) is 2.43. The number of hydrogen-bond donors (Lipinski definition) is 1. The predicted octanol–water partition coefficient (Wildman–Crippen LogP) is 3.37. The van der Waals surface area contributed by atoms with Crippen molar-refractivity contribution >= 4 is 16.7 Å². The predicted molar refractivity (Wildman–Crippen MR) is 78.9 cm³/mol. The molecule has 0 aliphatic heterocycles. The highest BCUT2D eigenvalue weighted by Gasteiger charge is 2.22. The second-order valence-electron chi connectivity index (χ2n) is 5.10. The van der Waals surface area contributed by atoms with Crippen LogP contribution in [-0.2, 0) is 6.42 Å². The van der Waals surface area contributed by atoms with E-state index in [9.17, 15) is 20.0 Å². The fraction of sp³-hybridized carbons (Fsp3) is 0.400. The van der Waals surface area contributed by atoms with Crippen LogP contribution in [0, 0.1) is 24.0 Å². The van der Waals surface area contributed by atoms with Gasteiger partial charge in [0.25, 0.3) is 0 Å². The second-order valence-corrected chi connectivity index (χ2v) is 5.10. The SMILES string of the molecule is CCCCc1c(C)c2cc([N+](=O)[O-])c(O)c(C)c2oc1=O. The fourth-order valence-corrected chi connectivity index (χ4v) is 2.43. The minimum absolute atomic E-state index is 0.209. The molecule has 0 unspecified atom stereocenters. The van der Waals surface area contributed by atoms with E-state index in [0.29, 0.717) is 22.9 Å². The maximum absolute atomic E-state index is 12.1. The van der Waals surface area contributed by atoms with Crippen LogP contribution < -0.4 is 5.63 Å². The Hall–Kier alpha value is -2.37. The molecule has 21 heavy (non-hydrogen) atoms. The lowest BCUT2D eigenvalue weighted by Gasteiger charge is -2.10. The number of unbranched alkanes of at least 4 members (excludes halogenated alkanes) is 1. The lowest BCUT2D eigenvalue weighted by atomic mass is 9.99. The first-order chi connectivity index (χ1) is 9.88. The molecule has 0 amide bonds. The second kappa shape index (κ2) is 5.55. The van der Waals surface area contributed by atoms with E-state index in [1.807, 2.05) is 6.92 Å². The van der Waals surface area contributed by atoms with E-state index in [-0.39, 0.29) is 16.8 Å². The van der Waals surface area contributed by atoms with Crippen molar-refractivity contribution in [2.75, 3.05) is 0 Å². The first-order valence-corrected chi connectivity index (χ1v) is 6.81. The van der Waals surface area contributed by atoms with Crippen LogP contribution in [0.25, 0.3) is 11.0 Å². The molecule has 0 saturated carbocycles. The third-order valence-corrected chi connectivity index (χ3v) is 3.74. The smallest absolute Gasteiger partial charge is 0.339 e. The molecule has 112 valence electrons. The first kappa shape index (κ1) is 15.0. The van der Waals surface area contributed by atoms with Crippen molar-refractivity contribution in [3.8, 4) is 5.75 Å². The molecule has 2 rings (SSSR count). The van der Waals surface area contributed by atoms with Gasteiger partial charge in [-0.25, -0.2) is 4.79 Å². The summed E-state index contributed by atoms with van der Waals surface area (Å²) >= 11 is 0. The van der Waals surface area contributed by atoms with E-state index in [0.717, 1.165) is 12.8 Å². The first-order valence-electron chi connectivity index (χ1n) is 6.81. The summed E-state index contributed by atoms with van der Waals surface area (Å²) in [6.07, 6.45) is 2.36. The average molecular weight is 291 g/mol. The van der Waals surface area contributed by atoms with Crippen LogP contribution in [0.5, 0.6) is 5.75 Å². The van der Waals surface area contributed by atoms with Gasteiger partial charge in [-0.2, -0.15) is 0 Å². The van der Waals surface area contributed by atoms with Gasteiger partial charge in [0.1, 0.15) is 5.58 Å². The van der Waals surface area contributed by atoms with Crippen molar-refractivity contribution in [3.63, 3.8) is 0 Å². The van der Waals surface area contributed by atoms with Crippen LogP contribution in [0.2, 0.25) is 0 Å². The standard InChI is InChI=1S/C15H17NO5/c1-4-5-6-10-8(2)11-7-12(16(19)20)13(17)9(3)14(11)21-15(10)18/h7,17H,4-6H2,1-3H3. The molecule has 0 saturated heterocycles. The third-order valence-electron chi connectivity index (χ3n) is 3.74. The molecule has 0 bridgehead atoms. The maximum Gasteiger partial charge on any atom is 0.339 e. The molecule has 1 aromatic carbocycles. The van der Waals surface area contributed by atoms with Gasteiger partial charge in [-0.15, -0.1) is 0 Å². The van der Waals surface area contributed by atoms with Crippen LogP contribution in [0.4, 0.5) is 5.69 Å². The highest BCUT2D eigenvalue weighted by Crippen LogP contribution is 2.36. The topological polar surface area (TPSA) is 93.6 Å². The molecule has 2 aromatic rings. The van der Waals surface area contributed by atoms with Gasteiger partial charge in [-0.1, -0.05) is 13.3 Å². The van der Waals surface area contributed by atoms with Crippen LogP contribution in [0.15, 0.2) is 15.3 Å². The van der Waals surface area contributed by atoms with Crippen LogP contribution in [0.1, 0.15) is 36.5 Å². The lowest BCUT2D eigenvalue weighted by Crippen LogP contribution is -2.11. The molecule has 0 aliphatic rings. The van der Waals surface area contributed by atoms with E-state index < -0.39 is 16.3 Å². The monoisotopic (exact) mass is 291 g/mol. The quantitative estimate of drug-likeness (QED) is 0.529. The minimum atomic E-state index is -0.641. The number of fused-ring (bicyclic) bond motifs is 1. The molecular weight excluding hydrogens is 274 g/mol. The van der Waals surface area contributed by atoms with Crippen molar-refractivity contribution in [1.82, 2.24) is 0 Å². The summed E-state index contributed by atoms with van der Waals surface area (Å²) in [6.45, 7) is 5.27. The van der Waals surface area contributed by atoms with E-state index in [4.69, 9.17) is 4.42 Å². The number of nitro benzene ring substituents is 1. The van der Waals surface area contributed by atoms with E-state index in [1.54, 1.807) is 6.92 Å². The summed E-state index contributed by atoms with van der Waals surface area (Å²) < 4.78 is 5.28. The number of benzene rings is 1. The molecule has 0 fully saturated rings. The molecule has 1 N–H and O–H groups in total. The Morgan fingerprint density at radius 2 is 2.00 bits per heavy atom. The number of nitro groups is 1. The summed E-state index contributed by atoms with van der Waals surface area (Å²) in [5.74, 6) is -0.462. The lowest BCUT2D eigenvalue weighted by molar-refractivity contribution is -0.385. The molecule has 6 heteroatoms. The van der Waals surface area contributed by atoms with Gasteiger partial charge in [0.15, 0.2) is 0 Å². The Balaban J connectivity index is 2.83. The minimum Gasteiger partial charge on any atom is -0.502 e. The van der Waals surface area contributed by atoms with E-state index in [1.165, 1.54) is 13.0 Å². The van der Waals surface area contributed by atoms with Gasteiger partial charge in [0, 0.05) is 22.6 Å². The van der Waals surface area contributed by atoms with Crippen LogP contribution in [-0.4, -0.2) is 10.0 Å². The van der Waals surface area contributed by atoms with Crippen molar-refractivity contribution in [2.24, 2.45) is 0 Å². The molecule has 0 atom stereocenters. The van der Waals surface area contributed by atoms with Gasteiger partial charge in [0.2, 0.25) is 5.75 Å². The molecule has 0 spiro atoms. The Labute approximate surface area is 121 Å². The van der Waals surface area contributed by atoms with E-state index >= 15 is 0 Å². The third kappa shape index (κ3) is 2.49. The summed E-state index contributed by atoms with van der Waals surface area (Å²) in [5.41, 5.74) is 0.829. The largest absolute Gasteiger partial charge is 0.502 e. The molecule has 1 heterocycles. The number of aromatic hydroxyl groups is 1. The Morgan fingerprint density at radius 1 is 1.33 bits per heavy atom. The zero-order chi connectivity index (χ0) is 15.7. The van der Waals surface area contributed by atoms with Gasteiger partial charge in [-0.3, -0.25) is 10.1 Å². The highest BCUT2D eigenvalue weighted by molar-refractivity contribution is 5.89. The van der Waals surface area contributed by atoms with Crippen LogP contribution >= 0.6 is 0 Å². The molecule has 0 radical (unpaired) electrons. The van der Waals surface area contributed by atoms with Crippen molar-refractivity contribution in [2.45, 2.75) is 40.0 Å². The number of rotatable bonds is 4. The van der Waals surface area contributed by atoms with Crippen molar-refractivity contribution < 1.29 is 14.4 Å². The van der Waals surface area contributed by atoms with Crippen molar-refractivity contribution in [3.05, 3.63) is 43.3 Å². The number of hydrogen-bond acceptors (Lipinski definition) is 5. The van der Waals surface area contributed by atoms with Crippen LogP contribution in [0.3, 0.4) is 0 Å². The van der Waals surface area contributed by atoms with Crippen molar-refractivity contribution in [1.29, 1.82) is 0 Å². The zero-order valence-electron chi connectivity index (χ0n) is 12.2.